The van der Waals surface area contributed by atoms with Gasteiger partial charge in [0.15, 0.2) is 5.78 Å². The molecule has 2 aliphatic heterocycles. The van der Waals surface area contributed by atoms with Crippen LogP contribution in [0.3, 0.4) is 0 Å². The molecule has 0 unspecified atom stereocenters. The van der Waals surface area contributed by atoms with Crippen LogP contribution in [0.2, 0.25) is 12.1 Å². The molecule has 50 heavy (non-hydrogen) atoms. The van der Waals surface area contributed by atoms with Gasteiger partial charge in [0.2, 0.25) is 0 Å². The number of carbonyl (C=O) groups is 5. The van der Waals surface area contributed by atoms with Crippen molar-refractivity contribution in [3.63, 3.8) is 0 Å². The fourth-order valence-corrected chi connectivity index (χ4v) is 11.5. The van der Waals surface area contributed by atoms with Crippen molar-refractivity contribution >= 4 is 47.0 Å². The highest BCUT2D eigenvalue weighted by Crippen LogP contribution is 2.29. The first-order valence-electron chi connectivity index (χ1n) is 17.4. The molecule has 0 saturated heterocycles. The van der Waals surface area contributed by atoms with Crippen LogP contribution in [0, 0.1) is 0 Å². The first-order valence-corrected chi connectivity index (χ1v) is 21.3. The summed E-state index contributed by atoms with van der Waals surface area (Å²) >= 11 is 0. The summed E-state index contributed by atoms with van der Waals surface area (Å²) in [6, 6.07) is 9.63. The van der Waals surface area contributed by atoms with E-state index in [1.54, 1.807) is 0 Å². The zero-order chi connectivity index (χ0) is 36.5. The van der Waals surface area contributed by atoms with Crippen molar-refractivity contribution in [1.82, 2.24) is 9.80 Å². The van der Waals surface area contributed by atoms with Gasteiger partial charge in [0.1, 0.15) is 0 Å². The number of rotatable bonds is 22. The molecule has 0 fully saturated rings. The Balaban J connectivity index is 1.44. The minimum Gasteiger partial charge on any atom is -0.374 e. The van der Waals surface area contributed by atoms with Crippen molar-refractivity contribution in [1.29, 1.82) is 0 Å². The summed E-state index contributed by atoms with van der Waals surface area (Å²) in [7, 11) is -5.91. The smallest absolute Gasteiger partial charge is 0.374 e. The van der Waals surface area contributed by atoms with Crippen molar-refractivity contribution in [3.05, 3.63) is 69.8 Å². The molecule has 2 heterocycles. The second-order valence-corrected chi connectivity index (χ2v) is 17.0. The largest absolute Gasteiger partial charge is 0.500 e. The summed E-state index contributed by atoms with van der Waals surface area (Å²) in [5.41, 5.74) is 1.05. The average molecular weight is 729 g/mol. The summed E-state index contributed by atoms with van der Waals surface area (Å²) in [5.74, 6) is -2.31. The van der Waals surface area contributed by atoms with Crippen LogP contribution in [0.25, 0.3) is 0 Å². The van der Waals surface area contributed by atoms with Gasteiger partial charge in [0.05, 0.1) is 22.3 Å². The third-order valence-electron chi connectivity index (χ3n) is 8.38. The Morgan fingerprint density at radius 2 is 0.800 bits per heavy atom. The van der Waals surface area contributed by atoms with Crippen LogP contribution in [0.15, 0.2) is 36.4 Å². The molecule has 0 aromatic heterocycles. The van der Waals surface area contributed by atoms with Crippen LogP contribution in [0.1, 0.15) is 112 Å². The van der Waals surface area contributed by atoms with Crippen LogP contribution in [-0.2, 0) is 26.6 Å². The first kappa shape index (κ1) is 39.4. The van der Waals surface area contributed by atoms with Crippen molar-refractivity contribution in [2.24, 2.45) is 0 Å². The maximum absolute atomic E-state index is 13.6. The topological polar surface area (TPSA) is 147 Å². The van der Waals surface area contributed by atoms with Gasteiger partial charge in [-0.1, -0.05) is 12.1 Å². The van der Waals surface area contributed by atoms with Crippen molar-refractivity contribution in [2.75, 3.05) is 52.7 Å². The van der Waals surface area contributed by atoms with Crippen LogP contribution >= 0.6 is 0 Å². The zero-order valence-electron chi connectivity index (χ0n) is 29.8. The van der Waals surface area contributed by atoms with E-state index in [0.29, 0.717) is 64.6 Å². The lowest BCUT2D eigenvalue weighted by Gasteiger charge is -2.29. The van der Waals surface area contributed by atoms with E-state index in [4.69, 9.17) is 26.6 Å². The molecule has 0 spiro atoms. The van der Waals surface area contributed by atoms with E-state index in [9.17, 15) is 24.0 Å². The number of carbonyl (C=O) groups excluding carboxylic acids is 5. The van der Waals surface area contributed by atoms with Crippen molar-refractivity contribution < 1.29 is 50.5 Å². The number of amides is 4. The number of hydrogen-bond acceptors (Lipinski definition) is 11. The number of benzene rings is 2. The molecular weight excluding hydrogens is 681 g/mol. The number of hydrogen-bond donors (Lipinski definition) is 0. The van der Waals surface area contributed by atoms with Crippen LogP contribution < -0.4 is 0 Å². The molecule has 13 nitrogen and oxygen atoms in total. The Labute approximate surface area is 295 Å². The lowest BCUT2D eigenvalue weighted by molar-refractivity contribution is 0.0608. The quantitative estimate of drug-likeness (QED) is 0.0918. The third kappa shape index (κ3) is 8.37. The van der Waals surface area contributed by atoms with Gasteiger partial charge in [-0.15, -0.1) is 0 Å². The van der Waals surface area contributed by atoms with Crippen LogP contribution in [-0.4, -0.2) is 110 Å². The predicted molar refractivity (Wildman–Crippen MR) is 187 cm³/mol. The van der Waals surface area contributed by atoms with Gasteiger partial charge in [-0.2, -0.15) is 0 Å². The Kier molecular flexibility index (Phi) is 13.9. The van der Waals surface area contributed by atoms with Gasteiger partial charge in [0.25, 0.3) is 23.6 Å². The SMILES string of the molecule is CCO[Si](CCCN1C(=O)c2ccc(C(=O)c3ccc4c(c3)C(=O)N(CCC[Si](OCC)(OCC)OCC)C4=O)cc2C1=O)(OCC)OCC. The summed E-state index contributed by atoms with van der Waals surface area (Å²) in [4.78, 5) is 69.1. The average Bonchev–Trinajstić information content (AvgIpc) is 3.48. The summed E-state index contributed by atoms with van der Waals surface area (Å²) in [6.07, 6.45) is 0.855. The molecule has 0 aliphatic carbocycles. The minimum absolute atomic E-state index is 0.133. The van der Waals surface area contributed by atoms with Crippen LogP contribution in [0.4, 0.5) is 0 Å². The van der Waals surface area contributed by atoms with Crippen molar-refractivity contribution in [2.45, 2.75) is 66.5 Å². The maximum Gasteiger partial charge on any atom is 0.500 e. The molecule has 4 rings (SSSR count). The lowest BCUT2D eigenvalue weighted by Crippen LogP contribution is -2.46. The molecule has 0 atom stereocenters. The Bertz CT molecular complexity index is 1440. The minimum atomic E-state index is -2.95. The van der Waals surface area contributed by atoms with Gasteiger partial charge < -0.3 is 26.6 Å². The highest BCUT2D eigenvalue weighted by Gasteiger charge is 2.43. The number of ketones is 1. The highest BCUT2D eigenvalue weighted by atomic mass is 28.4. The number of fused-ring (bicyclic) bond motifs is 2. The van der Waals surface area contributed by atoms with Crippen molar-refractivity contribution in [3.8, 4) is 0 Å². The summed E-state index contributed by atoms with van der Waals surface area (Å²) in [6.45, 7) is 14.0. The molecule has 15 heteroatoms. The lowest BCUT2D eigenvalue weighted by atomic mass is 9.96. The van der Waals surface area contributed by atoms with E-state index in [0.717, 1.165) is 0 Å². The van der Waals surface area contributed by atoms with Gasteiger partial charge >= 0.3 is 17.6 Å². The molecule has 2 aromatic rings. The van der Waals surface area contributed by atoms with E-state index in [1.165, 1.54) is 46.2 Å². The van der Waals surface area contributed by atoms with Gasteiger partial charge in [-0.05, 0) is 78.6 Å². The maximum atomic E-state index is 13.6. The Hall–Kier alpha value is -3.42. The summed E-state index contributed by atoms with van der Waals surface area (Å²) in [5, 5.41) is 0. The van der Waals surface area contributed by atoms with E-state index in [2.05, 4.69) is 0 Å². The van der Waals surface area contributed by atoms with Gasteiger partial charge in [-0.3, -0.25) is 33.8 Å². The molecule has 2 aromatic carbocycles. The molecule has 0 bridgehead atoms. The second-order valence-electron chi connectivity index (χ2n) is 11.5. The molecule has 0 radical (unpaired) electrons. The molecule has 272 valence electrons. The second kappa shape index (κ2) is 17.7. The number of nitrogens with zero attached hydrogens (tertiary/aromatic N) is 2. The van der Waals surface area contributed by atoms with Gasteiger partial charge in [0, 0.05) is 75.9 Å². The monoisotopic (exact) mass is 728 g/mol. The molecule has 0 N–H and O–H groups in total. The van der Waals surface area contributed by atoms with E-state index in [1.807, 2.05) is 41.5 Å². The first-order chi connectivity index (χ1) is 24.0. The van der Waals surface area contributed by atoms with Crippen LogP contribution in [0.5, 0.6) is 0 Å². The fourth-order valence-electron chi connectivity index (χ4n) is 6.35. The fraction of sp³-hybridized carbons (Fsp3) is 0.514. The standard InChI is InChI=1S/C35H48N2O11Si2/c1-7-43-49(44-8-2,45-9-3)21-13-19-36-32(39)27-17-15-25(23-29(27)34(36)41)31(38)26-16-18-28-30(24-26)35(42)37(33(28)40)20-14-22-50(46-10-4,47-11-5)48-12-6/h15-18,23-24H,7-14,19-22H2,1-6H3. The third-order valence-corrected chi connectivity index (χ3v) is 14.7. The molecule has 0 saturated carbocycles. The number of imide groups is 2. The van der Waals surface area contributed by atoms with Gasteiger partial charge in [-0.25, -0.2) is 0 Å². The normalized spacial score (nSPS) is 14.6. The highest BCUT2D eigenvalue weighted by molar-refractivity contribution is 6.61. The summed E-state index contributed by atoms with van der Waals surface area (Å²) < 4.78 is 35.3. The van der Waals surface area contributed by atoms with E-state index < -0.39 is 47.0 Å². The van der Waals surface area contributed by atoms with E-state index in [-0.39, 0.29) is 46.5 Å². The van der Waals surface area contributed by atoms with E-state index >= 15 is 0 Å². The Morgan fingerprint density at radius 3 is 1.10 bits per heavy atom. The molecule has 4 amide bonds. The zero-order valence-corrected chi connectivity index (χ0v) is 31.8. The predicted octanol–water partition coefficient (Wildman–Crippen LogP) is 4.99. The Morgan fingerprint density at radius 1 is 0.500 bits per heavy atom. The molecular formula is C35H48N2O11Si2. The molecule has 2 aliphatic rings.